The molecule has 1 aliphatic heterocycles. The maximum Gasteiger partial charge on any atom is 0.318 e. The van der Waals surface area contributed by atoms with E-state index in [0.717, 1.165) is 31.0 Å². The van der Waals surface area contributed by atoms with Crippen molar-refractivity contribution in [1.82, 2.24) is 10.2 Å². The fourth-order valence-corrected chi connectivity index (χ4v) is 3.90. The topological polar surface area (TPSA) is 60.6 Å². The van der Waals surface area contributed by atoms with Gasteiger partial charge in [0.15, 0.2) is 0 Å². The highest BCUT2D eigenvalue weighted by Gasteiger charge is 2.40. The van der Waals surface area contributed by atoms with Gasteiger partial charge in [-0.05, 0) is 48.9 Å². The zero-order chi connectivity index (χ0) is 16.1. The molecule has 2 heterocycles. The van der Waals surface area contributed by atoms with Crippen LogP contribution in [0.5, 0.6) is 5.75 Å². The van der Waals surface area contributed by atoms with Gasteiger partial charge in [-0.15, -0.1) is 5.10 Å². The first-order chi connectivity index (χ1) is 11.8. The molecule has 1 aromatic carbocycles. The Hall–Kier alpha value is -2.08. The molecule has 3 aliphatic rings. The Morgan fingerprint density at radius 3 is 2.96 bits per heavy atom. The number of rotatable bonds is 3. The van der Waals surface area contributed by atoms with E-state index in [9.17, 15) is 0 Å². The van der Waals surface area contributed by atoms with Gasteiger partial charge < -0.3 is 18.8 Å². The average molecular weight is 327 g/mol. The van der Waals surface area contributed by atoms with Crippen LogP contribution >= 0.6 is 0 Å². The second kappa shape index (κ2) is 5.48. The molecule has 126 valence electrons. The van der Waals surface area contributed by atoms with Gasteiger partial charge >= 0.3 is 6.01 Å². The molecule has 0 amide bonds. The minimum atomic E-state index is 0.0599. The largest absolute Gasteiger partial charge is 0.497 e. The summed E-state index contributed by atoms with van der Waals surface area (Å²) in [5, 5.41) is 8.55. The van der Waals surface area contributed by atoms with Gasteiger partial charge in [-0.1, -0.05) is 11.2 Å². The van der Waals surface area contributed by atoms with Crippen LogP contribution in [0, 0.1) is 0 Å². The quantitative estimate of drug-likeness (QED) is 0.864. The molecular formula is C18H21N3O3. The number of ether oxygens (including phenoxy) is 2. The third-order valence-electron chi connectivity index (χ3n) is 5.35. The summed E-state index contributed by atoms with van der Waals surface area (Å²) in [6.07, 6.45) is 4.44. The third-order valence-corrected chi connectivity index (χ3v) is 5.35. The molecule has 0 radical (unpaired) electrons. The van der Waals surface area contributed by atoms with E-state index in [1.807, 2.05) is 6.07 Å². The van der Waals surface area contributed by atoms with E-state index >= 15 is 0 Å². The van der Waals surface area contributed by atoms with Crippen LogP contribution in [-0.2, 0) is 11.2 Å². The molecule has 24 heavy (non-hydrogen) atoms. The molecule has 1 saturated carbocycles. The Kier molecular flexibility index (Phi) is 3.26. The molecule has 2 fully saturated rings. The van der Waals surface area contributed by atoms with Gasteiger partial charge in [0.1, 0.15) is 11.9 Å². The van der Waals surface area contributed by atoms with Crippen molar-refractivity contribution in [1.29, 1.82) is 0 Å². The summed E-state index contributed by atoms with van der Waals surface area (Å²) in [6.45, 7) is 1.48. The Bertz CT molecular complexity index is 756. The van der Waals surface area contributed by atoms with E-state index in [1.165, 1.54) is 24.0 Å². The normalized spacial score (nSPS) is 26.0. The Balaban J connectivity index is 1.45. The van der Waals surface area contributed by atoms with Crippen molar-refractivity contribution >= 4 is 6.01 Å². The lowest BCUT2D eigenvalue weighted by molar-refractivity contribution is 0.000587. The average Bonchev–Trinajstić information content (AvgIpc) is 3.37. The van der Waals surface area contributed by atoms with Crippen LogP contribution in [-0.4, -0.2) is 36.5 Å². The van der Waals surface area contributed by atoms with Crippen molar-refractivity contribution < 1.29 is 13.9 Å². The van der Waals surface area contributed by atoms with E-state index in [0.29, 0.717) is 18.5 Å². The number of hydrogen-bond acceptors (Lipinski definition) is 6. The van der Waals surface area contributed by atoms with Crippen molar-refractivity contribution in [3.63, 3.8) is 0 Å². The van der Waals surface area contributed by atoms with Crippen molar-refractivity contribution in [3.8, 4) is 5.75 Å². The van der Waals surface area contributed by atoms with Crippen LogP contribution in [0.15, 0.2) is 22.6 Å². The summed E-state index contributed by atoms with van der Waals surface area (Å²) in [7, 11) is 1.71. The summed E-state index contributed by atoms with van der Waals surface area (Å²) < 4.78 is 17.4. The lowest BCUT2D eigenvalue weighted by Gasteiger charge is -2.43. The van der Waals surface area contributed by atoms with Gasteiger partial charge in [0.05, 0.1) is 19.8 Å². The lowest BCUT2D eigenvalue weighted by Crippen LogP contribution is -2.49. The van der Waals surface area contributed by atoms with Gasteiger partial charge in [0.25, 0.3) is 0 Å². The van der Waals surface area contributed by atoms with E-state index in [-0.39, 0.29) is 12.1 Å². The molecule has 0 spiro atoms. The fraction of sp³-hybridized carbons (Fsp3) is 0.556. The van der Waals surface area contributed by atoms with Crippen LogP contribution in [0.3, 0.4) is 0 Å². The van der Waals surface area contributed by atoms with Gasteiger partial charge in [0, 0.05) is 12.5 Å². The summed E-state index contributed by atoms with van der Waals surface area (Å²) in [5.41, 5.74) is 2.58. The summed E-state index contributed by atoms with van der Waals surface area (Å²) in [5.74, 6) is 2.20. The van der Waals surface area contributed by atoms with E-state index < -0.39 is 0 Å². The Labute approximate surface area is 140 Å². The molecule has 0 bridgehead atoms. The number of benzene rings is 1. The predicted molar refractivity (Wildman–Crippen MR) is 87.4 cm³/mol. The van der Waals surface area contributed by atoms with E-state index in [2.05, 4.69) is 27.2 Å². The molecule has 2 unspecified atom stereocenters. The number of aromatic nitrogens is 2. The number of fused-ring (bicyclic) bond motifs is 3. The zero-order valence-corrected chi connectivity index (χ0v) is 13.8. The molecule has 2 aliphatic carbocycles. The van der Waals surface area contributed by atoms with Gasteiger partial charge in [0.2, 0.25) is 5.89 Å². The summed E-state index contributed by atoms with van der Waals surface area (Å²) in [6, 6.07) is 7.20. The number of morpholine rings is 1. The molecule has 1 aromatic heterocycles. The first-order valence-electron chi connectivity index (χ1n) is 8.72. The minimum absolute atomic E-state index is 0.0599. The van der Waals surface area contributed by atoms with Crippen LogP contribution in [0.2, 0.25) is 0 Å². The maximum atomic E-state index is 6.13. The van der Waals surface area contributed by atoms with Crippen LogP contribution in [0.25, 0.3) is 0 Å². The molecular weight excluding hydrogens is 306 g/mol. The summed E-state index contributed by atoms with van der Waals surface area (Å²) >= 11 is 0. The molecule has 2 aromatic rings. The SMILES string of the molecule is COc1ccc2c(c1)CCC1C2OCCN1c1nnc(C2CC2)o1. The first kappa shape index (κ1) is 14.3. The predicted octanol–water partition coefficient (Wildman–Crippen LogP) is 2.85. The van der Waals surface area contributed by atoms with Crippen LogP contribution < -0.4 is 9.64 Å². The highest BCUT2D eigenvalue weighted by atomic mass is 16.5. The lowest BCUT2D eigenvalue weighted by atomic mass is 9.84. The highest BCUT2D eigenvalue weighted by molar-refractivity contribution is 5.42. The Morgan fingerprint density at radius 2 is 2.12 bits per heavy atom. The number of aryl methyl sites for hydroxylation is 1. The molecule has 6 nitrogen and oxygen atoms in total. The number of hydrogen-bond donors (Lipinski definition) is 0. The van der Waals surface area contributed by atoms with Gasteiger partial charge in [-0.25, -0.2) is 0 Å². The van der Waals surface area contributed by atoms with Crippen LogP contribution in [0.1, 0.15) is 48.3 Å². The Morgan fingerprint density at radius 1 is 1.21 bits per heavy atom. The standard InChI is InChI=1S/C18H21N3O3/c1-22-13-5-6-14-12(10-13)4-7-15-16(14)23-9-8-21(15)18-20-19-17(24-18)11-2-3-11/h5-6,10-11,15-16H,2-4,7-9H2,1H3. The van der Waals surface area contributed by atoms with Gasteiger partial charge in [-0.3, -0.25) is 0 Å². The maximum absolute atomic E-state index is 6.13. The summed E-state index contributed by atoms with van der Waals surface area (Å²) in [4.78, 5) is 2.25. The molecule has 5 rings (SSSR count). The molecule has 2 atom stereocenters. The van der Waals surface area contributed by atoms with E-state index in [4.69, 9.17) is 13.9 Å². The number of nitrogens with zero attached hydrogens (tertiary/aromatic N) is 3. The van der Waals surface area contributed by atoms with E-state index in [1.54, 1.807) is 7.11 Å². The highest BCUT2D eigenvalue weighted by Crippen LogP contribution is 2.43. The second-order valence-corrected chi connectivity index (χ2v) is 6.85. The van der Waals surface area contributed by atoms with Gasteiger partial charge in [-0.2, -0.15) is 0 Å². The smallest absolute Gasteiger partial charge is 0.318 e. The number of methoxy groups -OCH3 is 1. The second-order valence-electron chi connectivity index (χ2n) is 6.85. The molecule has 1 saturated heterocycles. The van der Waals surface area contributed by atoms with Crippen molar-refractivity contribution in [2.45, 2.75) is 43.7 Å². The fourth-order valence-electron chi connectivity index (χ4n) is 3.90. The monoisotopic (exact) mass is 327 g/mol. The number of anilines is 1. The van der Waals surface area contributed by atoms with Crippen molar-refractivity contribution in [2.24, 2.45) is 0 Å². The molecule has 0 N–H and O–H groups in total. The van der Waals surface area contributed by atoms with Crippen molar-refractivity contribution in [3.05, 3.63) is 35.2 Å². The molecule has 6 heteroatoms. The minimum Gasteiger partial charge on any atom is -0.497 e. The van der Waals surface area contributed by atoms with Crippen LogP contribution in [0.4, 0.5) is 6.01 Å². The van der Waals surface area contributed by atoms with Crippen molar-refractivity contribution in [2.75, 3.05) is 25.2 Å². The first-order valence-corrected chi connectivity index (χ1v) is 8.72. The third kappa shape index (κ3) is 2.28. The zero-order valence-electron chi connectivity index (χ0n) is 13.8.